The van der Waals surface area contributed by atoms with E-state index in [2.05, 4.69) is 32.9 Å². The van der Waals surface area contributed by atoms with E-state index in [1.807, 2.05) is 36.4 Å². The topological polar surface area (TPSA) is 55.8 Å². The molecular weight excluding hydrogens is 340 g/mol. The molecule has 0 aliphatic rings. The van der Waals surface area contributed by atoms with Crippen LogP contribution in [-0.4, -0.2) is 24.3 Å². The van der Waals surface area contributed by atoms with Crippen LogP contribution >= 0.6 is 0 Å². The fourth-order valence-electron chi connectivity index (χ4n) is 2.95. The van der Waals surface area contributed by atoms with E-state index in [-0.39, 0.29) is 17.6 Å². The van der Waals surface area contributed by atoms with Gasteiger partial charge in [-0.3, -0.25) is 0 Å². The Morgan fingerprint density at radius 3 is 2.22 bits per heavy atom. The molecule has 0 unspecified atom stereocenters. The molecule has 3 rings (SSSR count). The minimum absolute atomic E-state index is 0.102. The summed E-state index contributed by atoms with van der Waals surface area (Å²) >= 11 is 0. The zero-order valence-corrected chi connectivity index (χ0v) is 15.9. The quantitative estimate of drug-likeness (QED) is 0.604. The minimum Gasteiger partial charge on any atom is -0.490 e. The summed E-state index contributed by atoms with van der Waals surface area (Å²) in [5.74, 6) is 0.122. The number of rotatable bonds is 6. The molecule has 1 N–H and O–H groups in total. The van der Waals surface area contributed by atoms with Gasteiger partial charge in [0.05, 0.1) is 0 Å². The second kappa shape index (κ2) is 7.70. The van der Waals surface area contributed by atoms with Crippen molar-refractivity contribution in [3.8, 4) is 11.5 Å². The van der Waals surface area contributed by atoms with Gasteiger partial charge in [-0.15, -0.1) is 0 Å². The fourth-order valence-corrected chi connectivity index (χ4v) is 2.95. The molecule has 0 radical (unpaired) electrons. The molecule has 0 bridgehead atoms. The number of carboxylic acids is 1. The number of hydrogen-bond acceptors (Lipinski definition) is 3. The highest BCUT2D eigenvalue weighted by Crippen LogP contribution is 2.28. The summed E-state index contributed by atoms with van der Waals surface area (Å²) in [6.45, 7) is 7.10. The Hall–Kier alpha value is -3.01. The Bertz CT molecular complexity index is 937. The maximum absolute atomic E-state index is 11.7. The number of aromatic carboxylic acids is 1. The van der Waals surface area contributed by atoms with Gasteiger partial charge < -0.3 is 14.6 Å². The summed E-state index contributed by atoms with van der Waals surface area (Å²) in [5, 5.41) is 11.1. The van der Waals surface area contributed by atoms with E-state index in [0.29, 0.717) is 17.7 Å². The van der Waals surface area contributed by atoms with Crippen LogP contribution in [0.5, 0.6) is 11.5 Å². The highest BCUT2D eigenvalue weighted by atomic mass is 16.5. The van der Waals surface area contributed by atoms with E-state index >= 15 is 0 Å². The third-order valence-corrected chi connectivity index (χ3v) is 4.43. The van der Waals surface area contributed by atoms with Gasteiger partial charge in [0.1, 0.15) is 30.3 Å². The van der Waals surface area contributed by atoms with Gasteiger partial charge in [-0.1, -0.05) is 63.2 Å². The number of fused-ring (bicyclic) bond motifs is 1. The van der Waals surface area contributed by atoms with Crippen molar-refractivity contribution in [1.82, 2.24) is 0 Å². The maximum Gasteiger partial charge on any atom is 0.340 e. The summed E-state index contributed by atoms with van der Waals surface area (Å²) in [4.78, 5) is 11.7. The largest absolute Gasteiger partial charge is 0.490 e. The maximum atomic E-state index is 11.7. The Morgan fingerprint density at radius 1 is 0.889 bits per heavy atom. The van der Waals surface area contributed by atoms with E-state index in [0.717, 1.165) is 11.1 Å². The van der Waals surface area contributed by atoms with Gasteiger partial charge in [0.15, 0.2) is 0 Å². The van der Waals surface area contributed by atoms with Crippen LogP contribution in [0.1, 0.15) is 36.7 Å². The van der Waals surface area contributed by atoms with Gasteiger partial charge in [0.25, 0.3) is 0 Å². The van der Waals surface area contributed by atoms with Crippen LogP contribution in [-0.2, 0) is 5.41 Å². The third kappa shape index (κ3) is 4.40. The van der Waals surface area contributed by atoms with Gasteiger partial charge in [0, 0.05) is 0 Å². The van der Waals surface area contributed by atoms with Crippen LogP contribution in [0.4, 0.5) is 0 Å². The second-order valence-electron chi connectivity index (χ2n) is 7.44. The molecule has 0 saturated heterocycles. The Labute approximate surface area is 159 Å². The first-order chi connectivity index (χ1) is 12.9. The lowest BCUT2D eigenvalue weighted by Gasteiger charge is -2.19. The molecular formula is C23H24O4. The molecule has 4 heteroatoms. The lowest BCUT2D eigenvalue weighted by Crippen LogP contribution is -2.12. The second-order valence-corrected chi connectivity index (χ2v) is 7.44. The molecule has 0 saturated carbocycles. The smallest absolute Gasteiger partial charge is 0.340 e. The van der Waals surface area contributed by atoms with Gasteiger partial charge in [-0.25, -0.2) is 4.79 Å². The van der Waals surface area contributed by atoms with E-state index in [1.165, 1.54) is 5.56 Å². The van der Waals surface area contributed by atoms with Crippen LogP contribution in [0.25, 0.3) is 10.8 Å². The predicted octanol–water partition coefficient (Wildman–Crippen LogP) is 5.29. The molecule has 140 valence electrons. The average molecular weight is 364 g/mol. The molecule has 0 fully saturated rings. The van der Waals surface area contributed by atoms with Gasteiger partial charge >= 0.3 is 5.97 Å². The number of carboxylic acid groups (broad SMARTS) is 1. The van der Waals surface area contributed by atoms with Crippen molar-refractivity contribution in [3.05, 3.63) is 71.8 Å². The summed E-state index contributed by atoms with van der Waals surface area (Å²) in [5.41, 5.74) is 1.53. The summed E-state index contributed by atoms with van der Waals surface area (Å²) in [7, 11) is 0. The van der Waals surface area contributed by atoms with E-state index in [4.69, 9.17) is 9.47 Å². The molecule has 3 aromatic rings. The number of hydrogen-bond donors (Lipinski definition) is 1. The number of benzene rings is 3. The molecule has 0 atom stereocenters. The molecule has 0 amide bonds. The summed E-state index contributed by atoms with van der Waals surface area (Å²) in [6.07, 6.45) is 0. The van der Waals surface area contributed by atoms with Crippen molar-refractivity contribution >= 4 is 16.7 Å². The van der Waals surface area contributed by atoms with Crippen molar-refractivity contribution in [3.63, 3.8) is 0 Å². The molecule has 0 aliphatic carbocycles. The standard InChI is InChI=1S/C23H24O4/c1-23(2,3)17-9-11-18(12-10-17)26-14-15-27-20-13-8-16-6-4-5-7-19(16)21(20)22(24)25/h4-13H,14-15H2,1-3H3,(H,24,25). The van der Waals surface area contributed by atoms with E-state index < -0.39 is 5.97 Å². The zero-order chi connectivity index (χ0) is 19.4. The highest BCUT2D eigenvalue weighted by molar-refractivity contribution is 6.06. The lowest BCUT2D eigenvalue weighted by atomic mass is 9.87. The van der Waals surface area contributed by atoms with E-state index in [9.17, 15) is 9.90 Å². The first-order valence-corrected chi connectivity index (χ1v) is 8.97. The Kier molecular flexibility index (Phi) is 5.36. The third-order valence-electron chi connectivity index (χ3n) is 4.43. The fraction of sp³-hybridized carbons (Fsp3) is 0.261. The average Bonchev–Trinajstić information content (AvgIpc) is 2.64. The van der Waals surface area contributed by atoms with Crippen LogP contribution in [0, 0.1) is 0 Å². The lowest BCUT2D eigenvalue weighted by molar-refractivity contribution is 0.0693. The van der Waals surface area contributed by atoms with Crippen molar-refractivity contribution in [2.75, 3.05) is 13.2 Å². The molecule has 0 spiro atoms. The first-order valence-electron chi connectivity index (χ1n) is 8.97. The van der Waals surface area contributed by atoms with Crippen LogP contribution in [0.2, 0.25) is 0 Å². The monoisotopic (exact) mass is 364 g/mol. The highest BCUT2D eigenvalue weighted by Gasteiger charge is 2.16. The normalized spacial score (nSPS) is 11.4. The van der Waals surface area contributed by atoms with Crippen LogP contribution in [0.3, 0.4) is 0 Å². The zero-order valence-electron chi connectivity index (χ0n) is 15.9. The molecule has 3 aromatic carbocycles. The van der Waals surface area contributed by atoms with Gasteiger partial charge in [-0.2, -0.15) is 0 Å². The molecule has 0 aromatic heterocycles. The number of carbonyl (C=O) groups is 1. The van der Waals surface area contributed by atoms with Crippen molar-refractivity contribution in [2.24, 2.45) is 0 Å². The molecule has 27 heavy (non-hydrogen) atoms. The summed E-state index contributed by atoms with van der Waals surface area (Å²) < 4.78 is 11.4. The van der Waals surface area contributed by atoms with Crippen LogP contribution < -0.4 is 9.47 Å². The number of ether oxygens (including phenoxy) is 2. The minimum atomic E-state index is -1.000. The van der Waals surface area contributed by atoms with Crippen LogP contribution in [0.15, 0.2) is 60.7 Å². The predicted molar refractivity (Wildman–Crippen MR) is 107 cm³/mol. The van der Waals surface area contributed by atoms with Crippen molar-refractivity contribution < 1.29 is 19.4 Å². The Morgan fingerprint density at radius 2 is 1.56 bits per heavy atom. The molecule has 0 aliphatic heterocycles. The first kappa shape index (κ1) is 18.8. The summed E-state index contributed by atoms with van der Waals surface area (Å²) in [6, 6.07) is 18.9. The van der Waals surface area contributed by atoms with Gasteiger partial charge in [0.2, 0.25) is 0 Å². The van der Waals surface area contributed by atoms with Gasteiger partial charge in [-0.05, 0) is 39.9 Å². The SMILES string of the molecule is CC(C)(C)c1ccc(OCCOc2ccc3ccccc3c2C(=O)O)cc1. The molecule has 4 nitrogen and oxygen atoms in total. The van der Waals surface area contributed by atoms with E-state index in [1.54, 1.807) is 12.1 Å². The van der Waals surface area contributed by atoms with Crippen molar-refractivity contribution in [2.45, 2.75) is 26.2 Å². The molecule has 0 heterocycles. The van der Waals surface area contributed by atoms with Crippen molar-refractivity contribution in [1.29, 1.82) is 0 Å². The Balaban J connectivity index is 1.64.